The van der Waals surface area contributed by atoms with Crippen LogP contribution < -0.4 is 10.2 Å². The monoisotopic (exact) mass is 330 g/mol. The van der Waals surface area contributed by atoms with Gasteiger partial charge in [-0.3, -0.25) is 9.59 Å². The highest BCUT2D eigenvalue weighted by Crippen LogP contribution is 2.39. The second-order valence-corrected chi connectivity index (χ2v) is 6.51. The van der Waals surface area contributed by atoms with Gasteiger partial charge in [-0.2, -0.15) is 0 Å². The summed E-state index contributed by atoms with van der Waals surface area (Å²) < 4.78 is 5.19. The van der Waals surface area contributed by atoms with Crippen LogP contribution in [0.25, 0.3) is 0 Å². The molecule has 3 rings (SSSR count). The summed E-state index contributed by atoms with van der Waals surface area (Å²) in [5, 5.41) is 2.65. The van der Waals surface area contributed by atoms with E-state index in [2.05, 4.69) is 5.32 Å². The van der Waals surface area contributed by atoms with Gasteiger partial charge in [-0.05, 0) is 30.7 Å². The molecule has 1 aromatic carbocycles. The molecule has 5 nitrogen and oxygen atoms in total. The number of carbonyl (C=O) groups excluding carboxylic acids is 2. The van der Waals surface area contributed by atoms with Crippen LogP contribution in [0, 0.1) is 0 Å². The van der Waals surface area contributed by atoms with E-state index in [4.69, 9.17) is 4.42 Å². The van der Waals surface area contributed by atoms with E-state index in [9.17, 15) is 9.59 Å². The van der Waals surface area contributed by atoms with Crippen LogP contribution in [-0.4, -0.2) is 23.6 Å². The lowest BCUT2D eigenvalue weighted by Crippen LogP contribution is -2.46. The van der Waals surface area contributed by atoms with E-state index in [-0.39, 0.29) is 23.6 Å². The Hall–Kier alpha value is -2.21. The molecule has 1 aliphatic rings. The van der Waals surface area contributed by atoms with Crippen LogP contribution in [0.1, 0.15) is 19.1 Å². The van der Waals surface area contributed by atoms with Crippen LogP contribution in [0.15, 0.2) is 52.0 Å². The highest BCUT2D eigenvalue weighted by molar-refractivity contribution is 8.01. The van der Waals surface area contributed by atoms with Gasteiger partial charge >= 0.3 is 0 Å². The van der Waals surface area contributed by atoms with Crippen molar-refractivity contribution in [2.24, 2.45) is 0 Å². The number of hydrogen-bond donors (Lipinski definition) is 1. The molecule has 6 heteroatoms. The molecular weight excluding hydrogens is 312 g/mol. The van der Waals surface area contributed by atoms with Crippen LogP contribution in [0.3, 0.4) is 0 Å². The first-order chi connectivity index (χ1) is 11.2. The van der Waals surface area contributed by atoms with Crippen molar-refractivity contribution in [2.45, 2.75) is 30.0 Å². The molecule has 1 aliphatic heterocycles. The van der Waals surface area contributed by atoms with Crippen LogP contribution in [-0.2, 0) is 16.1 Å². The Kier molecular flexibility index (Phi) is 4.71. The van der Waals surface area contributed by atoms with Crippen molar-refractivity contribution in [3.63, 3.8) is 0 Å². The normalized spacial score (nSPS) is 17.0. The summed E-state index contributed by atoms with van der Waals surface area (Å²) in [5.41, 5.74) is 0.806. The van der Waals surface area contributed by atoms with E-state index in [1.807, 2.05) is 31.2 Å². The third kappa shape index (κ3) is 3.42. The fraction of sp³-hybridized carbons (Fsp3) is 0.294. The Morgan fingerprint density at radius 3 is 2.87 bits per heavy atom. The molecule has 0 fully saturated rings. The number of hydrogen-bond acceptors (Lipinski definition) is 4. The van der Waals surface area contributed by atoms with Crippen molar-refractivity contribution in [3.8, 4) is 0 Å². The predicted octanol–water partition coefficient (Wildman–Crippen LogP) is 2.81. The zero-order chi connectivity index (χ0) is 16.2. The number of thioether (sulfide) groups is 1. The highest BCUT2D eigenvalue weighted by Gasteiger charge is 2.33. The lowest BCUT2D eigenvalue weighted by Gasteiger charge is -2.32. The van der Waals surface area contributed by atoms with E-state index in [0.717, 1.165) is 17.0 Å². The average molecular weight is 330 g/mol. The third-order valence-corrected chi connectivity index (χ3v) is 5.10. The Morgan fingerprint density at radius 2 is 2.13 bits per heavy atom. The molecule has 120 valence electrons. The first kappa shape index (κ1) is 15.7. The molecule has 2 heterocycles. The number of fused-ring (bicyclic) bond motifs is 1. The third-order valence-electron chi connectivity index (χ3n) is 3.68. The zero-order valence-electron chi connectivity index (χ0n) is 12.8. The molecule has 0 aliphatic carbocycles. The van der Waals surface area contributed by atoms with Crippen LogP contribution in [0.5, 0.6) is 0 Å². The largest absolute Gasteiger partial charge is 0.467 e. The summed E-state index contributed by atoms with van der Waals surface area (Å²) in [4.78, 5) is 27.4. The minimum atomic E-state index is -0.202. The molecule has 0 bridgehead atoms. The van der Waals surface area contributed by atoms with Gasteiger partial charge in [0.05, 0.1) is 23.7 Å². The van der Waals surface area contributed by atoms with E-state index < -0.39 is 0 Å². The second-order valence-electron chi connectivity index (χ2n) is 5.26. The van der Waals surface area contributed by atoms with Gasteiger partial charge in [0.15, 0.2) is 0 Å². The maximum atomic E-state index is 12.6. The number of amides is 2. The number of nitrogens with one attached hydrogen (secondary N) is 1. The number of furan rings is 1. The summed E-state index contributed by atoms with van der Waals surface area (Å²) in [6, 6.07) is 11.3. The van der Waals surface area contributed by atoms with Gasteiger partial charge in [-0.1, -0.05) is 19.1 Å². The van der Waals surface area contributed by atoms with Crippen LogP contribution in [0.4, 0.5) is 5.69 Å². The van der Waals surface area contributed by atoms with Crippen molar-refractivity contribution in [2.75, 3.05) is 11.4 Å². The van der Waals surface area contributed by atoms with Crippen molar-refractivity contribution < 1.29 is 14.0 Å². The summed E-state index contributed by atoms with van der Waals surface area (Å²) in [6.07, 6.45) is 2.30. The molecule has 1 unspecified atom stereocenters. The fourth-order valence-electron chi connectivity index (χ4n) is 2.50. The van der Waals surface area contributed by atoms with Gasteiger partial charge < -0.3 is 14.6 Å². The van der Waals surface area contributed by atoms with Crippen molar-refractivity contribution in [3.05, 3.63) is 48.4 Å². The fourth-order valence-corrected chi connectivity index (χ4v) is 3.65. The average Bonchev–Trinajstić information content (AvgIpc) is 3.09. The number of rotatable bonds is 5. The van der Waals surface area contributed by atoms with Crippen LogP contribution >= 0.6 is 11.8 Å². The lowest BCUT2D eigenvalue weighted by atomic mass is 10.2. The minimum Gasteiger partial charge on any atom is -0.467 e. The van der Waals surface area contributed by atoms with E-state index in [0.29, 0.717) is 12.3 Å². The van der Waals surface area contributed by atoms with Gasteiger partial charge in [0, 0.05) is 4.90 Å². The molecule has 0 saturated carbocycles. The van der Waals surface area contributed by atoms with Crippen molar-refractivity contribution in [1.29, 1.82) is 0 Å². The lowest BCUT2D eigenvalue weighted by molar-refractivity contribution is -0.123. The topological polar surface area (TPSA) is 62.6 Å². The number of carbonyl (C=O) groups is 2. The summed E-state index contributed by atoms with van der Waals surface area (Å²) in [7, 11) is 0. The molecule has 1 atom stereocenters. The molecule has 0 saturated heterocycles. The van der Waals surface area contributed by atoms with Crippen LogP contribution in [0.2, 0.25) is 0 Å². The van der Waals surface area contributed by atoms with Gasteiger partial charge in [0.2, 0.25) is 11.8 Å². The van der Waals surface area contributed by atoms with Gasteiger partial charge in [-0.25, -0.2) is 0 Å². The number of nitrogens with zero attached hydrogens (tertiary/aromatic N) is 1. The first-order valence-corrected chi connectivity index (χ1v) is 8.43. The summed E-state index contributed by atoms with van der Waals surface area (Å²) in [5.74, 6) is 0.473. The Morgan fingerprint density at radius 1 is 1.30 bits per heavy atom. The standard InChI is InChI=1S/C17H18N2O3S/c1-2-14-17(21)19(13-7-3-4-8-15(13)23-14)11-16(20)18-10-12-6-5-9-22-12/h3-9,14H,2,10-11H2,1H3,(H,18,20). The first-order valence-electron chi connectivity index (χ1n) is 7.55. The maximum absolute atomic E-state index is 12.6. The highest BCUT2D eigenvalue weighted by atomic mass is 32.2. The van der Waals surface area contributed by atoms with Crippen molar-refractivity contribution >= 4 is 29.3 Å². The van der Waals surface area contributed by atoms with Gasteiger partial charge in [0.25, 0.3) is 0 Å². The Balaban J connectivity index is 1.72. The summed E-state index contributed by atoms with van der Waals surface area (Å²) >= 11 is 1.57. The molecule has 0 spiro atoms. The zero-order valence-corrected chi connectivity index (χ0v) is 13.6. The molecule has 2 amide bonds. The number of benzene rings is 1. The maximum Gasteiger partial charge on any atom is 0.240 e. The Labute approximate surface area is 139 Å². The van der Waals surface area contributed by atoms with Gasteiger partial charge in [-0.15, -0.1) is 11.8 Å². The van der Waals surface area contributed by atoms with Gasteiger partial charge in [0.1, 0.15) is 12.3 Å². The number of anilines is 1. The molecule has 2 aromatic rings. The SMILES string of the molecule is CCC1Sc2ccccc2N(CC(=O)NCc2ccco2)C1=O. The summed E-state index contributed by atoms with van der Waals surface area (Å²) in [6.45, 7) is 2.33. The van der Waals surface area contributed by atoms with Crippen molar-refractivity contribution in [1.82, 2.24) is 5.32 Å². The second kappa shape index (κ2) is 6.91. The predicted molar refractivity (Wildman–Crippen MR) is 89.3 cm³/mol. The molecular formula is C17H18N2O3S. The Bertz CT molecular complexity index is 700. The molecule has 1 aromatic heterocycles. The van der Waals surface area contributed by atoms with E-state index in [1.165, 1.54) is 0 Å². The molecule has 23 heavy (non-hydrogen) atoms. The number of para-hydroxylation sites is 1. The molecule has 1 N–H and O–H groups in total. The smallest absolute Gasteiger partial charge is 0.240 e. The minimum absolute atomic E-state index is 0.00986. The quantitative estimate of drug-likeness (QED) is 0.916. The molecule has 0 radical (unpaired) electrons. The van der Waals surface area contributed by atoms with E-state index in [1.54, 1.807) is 35.1 Å². The van der Waals surface area contributed by atoms with E-state index >= 15 is 0 Å².